The van der Waals surface area contributed by atoms with Crippen LogP contribution in [0.15, 0.2) is 40.8 Å². The number of ether oxygens (including phenoxy) is 1. The zero-order chi connectivity index (χ0) is 14.5. The van der Waals surface area contributed by atoms with Crippen molar-refractivity contribution < 1.29 is 9.15 Å². The van der Waals surface area contributed by atoms with Crippen molar-refractivity contribution >= 4 is 0 Å². The van der Waals surface area contributed by atoms with Gasteiger partial charge in [-0.1, -0.05) is 19.1 Å². The minimum atomic E-state index is -0.400. The van der Waals surface area contributed by atoms with Crippen LogP contribution in [0.1, 0.15) is 36.5 Å². The van der Waals surface area contributed by atoms with E-state index in [1.807, 2.05) is 32.0 Å². The van der Waals surface area contributed by atoms with Crippen LogP contribution < -0.4 is 10.5 Å². The van der Waals surface area contributed by atoms with Crippen molar-refractivity contribution in [3.63, 3.8) is 0 Å². The van der Waals surface area contributed by atoms with Gasteiger partial charge >= 0.3 is 0 Å². The molecule has 2 unspecified atom stereocenters. The summed E-state index contributed by atoms with van der Waals surface area (Å²) < 4.78 is 11.6. The Bertz CT molecular complexity index is 613. The fourth-order valence-corrected chi connectivity index (χ4v) is 1.98. The van der Waals surface area contributed by atoms with Crippen LogP contribution in [0.3, 0.4) is 0 Å². The summed E-state index contributed by atoms with van der Waals surface area (Å²) in [5.74, 6) is 2.02. The molecular formula is C16H18N2O2. The number of aryl methyl sites for hydroxylation is 1. The molecule has 1 aromatic carbocycles. The molecule has 2 rings (SSSR count). The predicted molar refractivity (Wildman–Crippen MR) is 76.2 cm³/mol. The molecule has 20 heavy (non-hydrogen) atoms. The van der Waals surface area contributed by atoms with E-state index in [1.165, 1.54) is 0 Å². The van der Waals surface area contributed by atoms with Gasteiger partial charge in [0.2, 0.25) is 0 Å². The van der Waals surface area contributed by atoms with E-state index in [2.05, 4.69) is 6.07 Å². The van der Waals surface area contributed by atoms with Crippen LogP contribution in [0, 0.1) is 18.3 Å². The molecule has 1 aromatic heterocycles. The largest absolute Gasteiger partial charge is 0.479 e. The Labute approximate surface area is 118 Å². The topological polar surface area (TPSA) is 72.2 Å². The Balaban J connectivity index is 2.31. The lowest BCUT2D eigenvalue weighted by atomic mass is 10.1. The van der Waals surface area contributed by atoms with Gasteiger partial charge in [0, 0.05) is 6.04 Å². The minimum Gasteiger partial charge on any atom is -0.479 e. The number of nitrogens with two attached hydrogens (primary N) is 1. The second-order valence-electron chi connectivity index (χ2n) is 4.67. The molecule has 0 aliphatic carbocycles. The summed E-state index contributed by atoms with van der Waals surface area (Å²) in [4.78, 5) is 0. The molecule has 0 fully saturated rings. The van der Waals surface area contributed by atoms with Crippen molar-refractivity contribution in [2.45, 2.75) is 32.4 Å². The number of hydrogen-bond acceptors (Lipinski definition) is 4. The van der Waals surface area contributed by atoms with Gasteiger partial charge in [0.05, 0.1) is 5.56 Å². The van der Waals surface area contributed by atoms with Crippen LogP contribution in [0.2, 0.25) is 0 Å². The van der Waals surface area contributed by atoms with Crippen molar-refractivity contribution in [2.75, 3.05) is 0 Å². The monoisotopic (exact) mass is 270 g/mol. The third-order valence-electron chi connectivity index (χ3n) is 3.16. The third-order valence-corrected chi connectivity index (χ3v) is 3.16. The van der Waals surface area contributed by atoms with Gasteiger partial charge in [-0.15, -0.1) is 0 Å². The van der Waals surface area contributed by atoms with Gasteiger partial charge in [0.1, 0.15) is 23.3 Å². The van der Waals surface area contributed by atoms with E-state index in [1.54, 1.807) is 18.2 Å². The third kappa shape index (κ3) is 3.01. The van der Waals surface area contributed by atoms with E-state index in [9.17, 15) is 0 Å². The molecule has 4 heteroatoms. The lowest BCUT2D eigenvalue weighted by Gasteiger charge is -2.23. The van der Waals surface area contributed by atoms with Crippen LogP contribution in [-0.4, -0.2) is 6.04 Å². The van der Waals surface area contributed by atoms with E-state index in [4.69, 9.17) is 20.1 Å². The van der Waals surface area contributed by atoms with Crippen LogP contribution in [-0.2, 0) is 0 Å². The molecule has 0 saturated heterocycles. The summed E-state index contributed by atoms with van der Waals surface area (Å²) in [5.41, 5.74) is 6.62. The van der Waals surface area contributed by atoms with Crippen LogP contribution in [0.25, 0.3) is 0 Å². The Hall–Kier alpha value is -2.25. The molecule has 2 aromatic rings. The summed E-state index contributed by atoms with van der Waals surface area (Å²) in [6, 6.07) is 12.8. The number of hydrogen-bond donors (Lipinski definition) is 1. The molecule has 0 amide bonds. The summed E-state index contributed by atoms with van der Waals surface area (Å²) >= 11 is 0. The van der Waals surface area contributed by atoms with Gasteiger partial charge in [0.25, 0.3) is 0 Å². The molecule has 104 valence electrons. The second-order valence-corrected chi connectivity index (χ2v) is 4.67. The summed E-state index contributed by atoms with van der Waals surface area (Å²) in [7, 11) is 0. The molecule has 1 heterocycles. The van der Waals surface area contributed by atoms with Gasteiger partial charge in [-0.25, -0.2) is 0 Å². The predicted octanol–water partition coefficient (Wildman–Crippen LogP) is 3.32. The molecule has 0 saturated carbocycles. The summed E-state index contributed by atoms with van der Waals surface area (Å²) in [5, 5.41) is 9.12. The minimum absolute atomic E-state index is 0.202. The Kier molecular flexibility index (Phi) is 4.44. The summed E-state index contributed by atoms with van der Waals surface area (Å²) in [6.07, 6.45) is 0.349. The average Bonchev–Trinajstić information content (AvgIpc) is 2.90. The zero-order valence-electron chi connectivity index (χ0n) is 11.7. The number of nitrogens with zero attached hydrogens (tertiary/aromatic N) is 1. The van der Waals surface area contributed by atoms with Crippen molar-refractivity contribution in [3.05, 3.63) is 53.5 Å². The lowest BCUT2D eigenvalue weighted by molar-refractivity contribution is 0.143. The Morgan fingerprint density at radius 3 is 2.65 bits per heavy atom. The molecular weight excluding hydrogens is 252 g/mol. The number of benzene rings is 1. The van der Waals surface area contributed by atoms with E-state index >= 15 is 0 Å². The van der Waals surface area contributed by atoms with Gasteiger partial charge in [-0.3, -0.25) is 0 Å². The molecule has 2 atom stereocenters. The first-order chi connectivity index (χ1) is 9.65. The number of para-hydroxylation sites is 1. The van der Waals surface area contributed by atoms with Crippen LogP contribution in [0.5, 0.6) is 5.75 Å². The van der Waals surface area contributed by atoms with Gasteiger partial charge in [-0.2, -0.15) is 5.26 Å². The molecule has 0 aliphatic heterocycles. The van der Waals surface area contributed by atoms with E-state index in [-0.39, 0.29) is 6.04 Å². The smallest absolute Gasteiger partial charge is 0.171 e. The molecule has 2 N–H and O–H groups in total. The van der Waals surface area contributed by atoms with Crippen molar-refractivity contribution in [3.8, 4) is 11.8 Å². The molecule has 0 radical (unpaired) electrons. The highest BCUT2D eigenvalue weighted by Gasteiger charge is 2.24. The molecule has 0 spiro atoms. The van der Waals surface area contributed by atoms with E-state index < -0.39 is 6.10 Å². The fraction of sp³-hybridized carbons (Fsp3) is 0.312. The highest BCUT2D eigenvalue weighted by atomic mass is 16.5. The summed E-state index contributed by atoms with van der Waals surface area (Å²) in [6.45, 7) is 3.87. The van der Waals surface area contributed by atoms with Gasteiger partial charge < -0.3 is 14.9 Å². The highest BCUT2D eigenvalue weighted by Crippen LogP contribution is 2.28. The first-order valence-corrected chi connectivity index (χ1v) is 6.63. The number of nitriles is 1. The fourth-order valence-electron chi connectivity index (χ4n) is 1.98. The van der Waals surface area contributed by atoms with Crippen molar-refractivity contribution in [2.24, 2.45) is 5.73 Å². The maximum Gasteiger partial charge on any atom is 0.171 e. The number of furan rings is 1. The SMILES string of the molecule is CCC(N)C(Oc1ccccc1C#N)c1ccc(C)o1. The first-order valence-electron chi connectivity index (χ1n) is 6.63. The van der Waals surface area contributed by atoms with Crippen LogP contribution in [0.4, 0.5) is 0 Å². The maximum atomic E-state index is 9.12. The van der Waals surface area contributed by atoms with Crippen LogP contribution >= 0.6 is 0 Å². The Morgan fingerprint density at radius 2 is 2.05 bits per heavy atom. The van der Waals surface area contributed by atoms with Crippen molar-refractivity contribution in [1.29, 1.82) is 5.26 Å². The first kappa shape index (κ1) is 14.2. The zero-order valence-corrected chi connectivity index (χ0v) is 11.7. The number of rotatable bonds is 5. The lowest BCUT2D eigenvalue weighted by Crippen LogP contribution is -2.31. The quantitative estimate of drug-likeness (QED) is 0.904. The van der Waals surface area contributed by atoms with Gasteiger partial charge in [0.15, 0.2) is 6.10 Å². The maximum absolute atomic E-state index is 9.12. The highest BCUT2D eigenvalue weighted by molar-refractivity contribution is 5.42. The second kappa shape index (κ2) is 6.27. The van der Waals surface area contributed by atoms with Crippen molar-refractivity contribution in [1.82, 2.24) is 0 Å². The normalized spacial score (nSPS) is 13.5. The molecule has 4 nitrogen and oxygen atoms in total. The Morgan fingerprint density at radius 1 is 1.30 bits per heavy atom. The van der Waals surface area contributed by atoms with Gasteiger partial charge in [-0.05, 0) is 37.6 Å². The standard InChI is InChI=1S/C16H18N2O2/c1-3-13(18)16(15-9-8-11(2)19-15)20-14-7-5-4-6-12(14)10-17/h4-9,13,16H,3,18H2,1-2H3. The molecule has 0 bridgehead atoms. The molecule has 0 aliphatic rings. The van der Waals surface area contributed by atoms with E-state index in [0.717, 1.165) is 12.2 Å². The average molecular weight is 270 g/mol. The van der Waals surface area contributed by atoms with E-state index in [0.29, 0.717) is 17.1 Å².